The van der Waals surface area contributed by atoms with Gasteiger partial charge in [0.15, 0.2) is 0 Å². The molecule has 1 aromatic carbocycles. The van der Waals surface area contributed by atoms with E-state index in [1.807, 2.05) is 0 Å². The van der Waals surface area contributed by atoms with E-state index in [0.29, 0.717) is 5.92 Å². The van der Waals surface area contributed by atoms with Gasteiger partial charge in [-0.1, -0.05) is 54.1 Å². The summed E-state index contributed by atoms with van der Waals surface area (Å²) in [5.41, 5.74) is 8.66. The van der Waals surface area contributed by atoms with Gasteiger partial charge >= 0.3 is 0 Å². The zero-order valence-electron chi connectivity index (χ0n) is 9.60. The molecule has 0 fully saturated rings. The smallest absolute Gasteiger partial charge is 0.000145 e. The van der Waals surface area contributed by atoms with E-state index in [9.17, 15) is 0 Å². The molecule has 0 amide bonds. The normalized spacial score (nSPS) is 16.9. The first kappa shape index (κ1) is 11.2. The lowest BCUT2D eigenvalue weighted by Crippen LogP contribution is -2.13. The number of allylic oxidation sites excluding steroid dienone is 4. The SMILES string of the molecule is NCC(CC1=CCCC=C1)c1ccccc1. The molecule has 0 aliphatic heterocycles. The highest BCUT2D eigenvalue weighted by atomic mass is 14.5. The molecule has 1 nitrogen and oxygen atoms in total. The summed E-state index contributed by atoms with van der Waals surface area (Å²) in [5, 5.41) is 0. The zero-order chi connectivity index (χ0) is 11.2. The highest BCUT2D eigenvalue weighted by molar-refractivity contribution is 5.28. The molecule has 1 aromatic rings. The average Bonchev–Trinajstić information content (AvgIpc) is 2.38. The Morgan fingerprint density at radius 3 is 2.56 bits per heavy atom. The van der Waals surface area contributed by atoms with E-state index in [-0.39, 0.29) is 0 Å². The topological polar surface area (TPSA) is 26.0 Å². The molecule has 0 bridgehead atoms. The molecular weight excluding hydrogens is 194 g/mol. The van der Waals surface area contributed by atoms with Gasteiger partial charge in [0.2, 0.25) is 0 Å². The highest BCUT2D eigenvalue weighted by Crippen LogP contribution is 2.25. The van der Waals surface area contributed by atoms with Gasteiger partial charge in [-0.2, -0.15) is 0 Å². The second kappa shape index (κ2) is 5.66. The van der Waals surface area contributed by atoms with Crippen molar-refractivity contribution in [2.75, 3.05) is 6.54 Å². The fourth-order valence-corrected chi connectivity index (χ4v) is 2.17. The average molecular weight is 213 g/mol. The summed E-state index contributed by atoms with van der Waals surface area (Å²) in [5.74, 6) is 0.454. The van der Waals surface area contributed by atoms with Crippen LogP contribution in [0.15, 0.2) is 54.1 Å². The molecule has 1 unspecified atom stereocenters. The molecule has 1 aliphatic rings. The predicted molar refractivity (Wildman–Crippen MR) is 69.3 cm³/mol. The molecule has 0 aromatic heterocycles. The van der Waals surface area contributed by atoms with E-state index >= 15 is 0 Å². The molecule has 2 rings (SSSR count). The number of benzene rings is 1. The first-order valence-electron chi connectivity index (χ1n) is 6.00. The molecule has 0 saturated heterocycles. The third-order valence-electron chi connectivity index (χ3n) is 3.11. The highest BCUT2D eigenvalue weighted by Gasteiger charge is 2.11. The summed E-state index contributed by atoms with van der Waals surface area (Å²) >= 11 is 0. The zero-order valence-corrected chi connectivity index (χ0v) is 9.60. The van der Waals surface area contributed by atoms with Crippen LogP contribution in [-0.2, 0) is 0 Å². The van der Waals surface area contributed by atoms with Crippen LogP contribution in [0, 0.1) is 0 Å². The van der Waals surface area contributed by atoms with E-state index in [1.54, 1.807) is 0 Å². The van der Waals surface area contributed by atoms with Crippen LogP contribution in [0.2, 0.25) is 0 Å². The lowest BCUT2D eigenvalue weighted by atomic mass is 9.90. The maximum absolute atomic E-state index is 5.87. The molecule has 0 saturated carbocycles. The molecule has 0 spiro atoms. The molecule has 0 heterocycles. The molecule has 1 aliphatic carbocycles. The van der Waals surface area contributed by atoms with E-state index in [4.69, 9.17) is 5.73 Å². The fourth-order valence-electron chi connectivity index (χ4n) is 2.17. The van der Waals surface area contributed by atoms with Crippen molar-refractivity contribution in [1.82, 2.24) is 0 Å². The van der Waals surface area contributed by atoms with Crippen molar-refractivity contribution in [1.29, 1.82) is 0 Å². The minimum absolute atomic E-state index is 0.454. The molecule has 1 heteroatoms. The third-order valence-corrected chi connectivity index (χ3v) is 3.11. The number of hydrogen-bond acceptors (Lipinski definition) is 1. The Morgan fingerprint density at radius 1 is 1.12 bits per heavy atom. The minimum atomic E-state index is 0.454. The summed E-state index contributed by atoms with van der Waals surface area (Å²) in [6.45, 7) is 0.717. The van der Waals surface area contributed by atoms with Gasteiger partial charge in [-0.3, -0.25) is 0 Å². The van der Waals surface area contributed by atoms with Crippen molar-refractivity contribution < 1.29 is 0 Å². The quantitative estimate of drug-likeness (QED) is 0.815. The van der Waals surface area contributed by atoms with Gasteiger partial charge in [-0.25, -0.2) is 0 Å². The van der Waals surface area contributed by atoms with Crippen molar-refractivity contribution in [3.8, 4) is 0 Å². The third kappa shape index (κ3) is 2.83. The number of nitrogens with two attached hydrogens (primary N) is 1. The Kier molecular flexibility index (Phi) is 3.95. The van der Waals surface area contributed by atoms with Crippen molar-refractivity contribution >= 4 is 0 Å². The largest absolute Gasteiger partial charge is 0.330 e. The monoisotopic (exact) mass is 213 g/mol. The van der Waals surface area contributed by atoms with Crippen LogP contribution < -0.4 is 5.73 Å². The Bertz CT molecular complexity index is 376. The second-order valence-corrected chi connectivity index (χ2v) is 4.31. The molecular formula is C15H19N. The van der Waals surface area contributed by atoms with Crippen LogP contribution in [-0.4, -0.2) is 6.54 Å². The lowest BCUT2D eigenvalue weighted by molar-refractivity contribution is 0.692. The summed E-state index contributed by atoms with van der Waals surface area (Å²) in [6.07, 6.45) is 10.3. The van der Waals surface area contributed by atoms with Gasteiger partial charge in [0.05, 0.1) is 0 Å². The van der Waals surface area contributed by atoms with Crippen LogP contribution in [0.1, 0.15) is 30.7 Å². The van der Waals surface area contributed by atoms with Crippen LogP contribution in [0.3, 0.4) is 0 Å². The number of hydrogen-bond donors (Lipinski definition) is 1. The standard InChI is InChI=1S/C15H19N/c16-12-15(14-9-5-2-6-10-14)11-13-7-3-1-4-8-13/h2-3,5-10,15H,1,4,11-12,16H2. The van der Waals surface area contributed by atoms with Crippen LogP contribution in [0.25, 0.3) is 0 Å². The molecule has 0 radical (unpaired) electrons. The van der Waals surface area contributed by atoms with Crippen molar-refractivity contribution in [2.45, 2.75) is 25.2 Å². The van der Waals surface area contributed by atoms with Gasteiger partial charge in [0.25, 0.3) is 0 Å². The predicted octanol–water partition coefficient (Wildman–Crippen LogP) is 3.40. The molecule has 84 valence electrons. The van der Waals surface area contributed by atoms with E-state index in [1.165, 1.54) is 24.0 Å². The molecule has 16 heavy (non-hydrogen) atoms. The van der Waals surface area contributed by atoms with Gasteiger partial charge in [-0.05, 0) is 31.4 Å². The van der Waals surface area contributed by atoms with Crippen molar-refractivity contribution in [3.63, 3.8) is 0 Å². The van der Waals surface area contributed by atoms with E-state index in [0.717, 1.165) is 13.0 Å². The minimum Gasteiger partial charge on any atom is -0.330 e. The maximum atomic E-state index is 5.87. The Morgan fingerprint density at radius 2 is 1.94 bits per heavy atom. The van der Waals surface area contributed by atoms with Gasteiger partial charge in [-0.15, -0.1) is 0 Å². The Balaban J connectivity index is 2.06. The van der Waals surface area contributed by atoms with Crippen molar-refractivity contribution in [3.05, 3.63) is 59.7 Å². The molecule has 2 N–H and O–H groups in total. The van der Waals surface area contributed by atoms with Crippen LogP contribution in [0.5, 0.6) is 0 Å². The first-order chi connectivity index (χ1) is 7.90. The Hall–Kier alpha value is -1.34. The first-order valence-corrected chi connectivity index (χ1v) is 6.00. The number of rotatable bonds is 4. The van der Waals surface area contributed by atoms with E-state index < -0.39 is 0 Å². The lowest BCUT2D eigenvalue weighted by Gasteiger charge is -2.17. The summed E-state index contributed by atoms with van der Waals surface area (Å²) in [4.78, 5) is 0. The molecule has 1 atom stereocenters. The Labute approximate surface area is 97.7 Å². The van der Waals surface area contributed by atoms with Gasteiger partial charge < -0.3 is 5.73 Å². The van der Waals surface area contributed by atoms with Gasteiger partial charge in [0, 0.05) is 5.92 Å². The van der Waals surface area contributed by atoms with Crippen LogP contribution in [0.4, 0.5) is 0 Å². The van der Waals surface area contributed by atoms with Crippen LogP contribution >= 0.6 is 0 Å². The second-order valence-electron chi connectivity index (χ2n) is 4.31. The summed E-state index contributed by atoms with van der Waals surface area (Å²) in [7, 11) is 0. The van der Waals surface area contributed by atoms with Gasteiger partial charge in [0.1, 0.15) is 0 Å². The fraction of sp³-hybridized carbons (Fsp3) is 0.333. The summed E-state index contributed by atoms with van der Waals surface area (Å²) < 4.78 is 0. The van der Waals surface area contributed by atoms with E-state index in [2.05, 4.69) is 48.6 Å². The summed E-state index contributed by atoms with van der Waals surface area (Å²) in [6, 6.07) is 10.6. The maximum Gasteiger partial charge on any atom is 0.000145 e. The van der Waals surface area contributed by atoms with Crippen molar-refractivity contribution in [2.24, 2.45) is 5.73 Å².